The van der Waals surface area contributed by atoms with Crippen LogP contribution in [0.1, 0.15) is 0 Å². The number of thiazole rings is 1. The lowest BCUT2D eigenvalue weighted by Crippen LogP contribution is -1.87. The van der Waals surface area contributed by atoms with Gasteiger partial charge in [0.1, 0.15) is 15.7 Å². The summed E-state index contributed by atoms with van der Waals surface area (Å²) >= 11 is 1.66. The lowest BCUT2D eigenvalue weighted by Gasteiger charge is -2.00. The summed E-state index contributed by atoms with van der Waals surface area (Å²) in [5.74, 6) is 0. The number of anilines is 1. The molecule has 0 fully saturated rings. The highest BCUT2D eigenvalue weighted by molar-refractivity contribution is 7.19. The molecule has 3 rings (SSSR count). The van der Waals surface area contributed by atoms with E-state index >= 15 is 0 Å². The fourth-order valence-corrected chi connectivity index (χ4v) is 2.85. The molecule has 94 valence electrons. The number of hydrogen-bond donors (Lipinski definition) is 1. The van der Waals surface area contributed by atoms with E-state index in [9.17, 15) is 0 Å². The van der Waals surface area contributed by atoms with Crippen LogP contribution >= 0.6 is 11.3 Å². The average Bonchev–Trinajstić information content (AvgIpc) is 2.93. The average molecular weight is 267 g/mol. The van der Waals surface area contributed by atoms with Gasteiger partial charge in [-0.15, -0.1) is 0 Å². The second kappa shape index (κ2) is 5.20. The highest BCUT2D eigenvalue weighted by Crippen LogP contribution is 2.37. The summed E-state index contributed by atoms with van der Waals surface area (Å²) in [6.45, 7) is 0. The summed E-state index contributed by atoms with van der Waals surface area (Å²) in [6, 6.07) is 14.2. The number of pyridine rings is 1. The molecule has 3 nitrogen and oxygen atoms in total. The normalized spacial score (nSPS) is 10.4. The Bertz CT molecular complexity index is 662. The fourth-order valence-electron chi connectivity index (χ4n) is 1.90. The first-order chi connectivity index (χ1) is 9.38. The van der Waals surface area contributed by atoms with Crippen LogP contribution in [0.3, 0.4) is 0 Å². The van der Waals surface area contributed by atoms with Crippen molar-refractivity contribution in [1.29, 1.82) is 0 Å². The van der Waals surface area contributed by atoms with E-state index in [0.29, 0.717) is 0 Å². The summed E-state index contributed by atoms with van der Waals surface area (Å²) in [5, 5.41) is 5.31. The van der Waals surface area contributed by atoms with Crippen LogP contribution in [0.5, 0.6) is 0 Å². The zero-order valence-corrected chi connectivity index (χ0v) is 11.3. The molecule has 3 aromatic rings. The monoisotopic (exact) mass is 267 g/mol. The lowest BCUT2D eigenvalue weighted by atomic mass is 10.1. The smallest absolute Gasteiger partial charge is 0.126 e. The molecule has 0 bridgehead atoms. The van der Waals surface area contributed by atoms with E-state index in [1.54, 1.807) is 23.7 Å². The van der Waals surface area contributed by atoms with E-state index in [2.05, 4.69) is 22.4 Å². The Balaban J connectivity index is 2.09. The summed E-state index contributed by atoms with van der Waals surface area (Å²) in [5.41, 5.74) is 3.22. The van der Waals surface area contributed by atoms with Gasteiger partial charge in [-0.05, 0) is 12.1 Å². The summed E-state index contributed by atoms with van der Waals surface area (Å²) in [4.78, 5) is 8.79. The summed E-state index contributed by atoms with van der Waals surface area (Å²) in [6.07, 6.45) is 3.58. The van der Waals surface area contributed by atoms with Crippen molar-refractivity contribution in [3.63, 3.8) is 0 Å². The quantitative estimate of drug-likeness (QED) is 0.781. The van der Waals surface area contributed by atoms with Crippen molar-refractivity contribution in [3.8, 4) is 21.8 Å². The Hall–Kier alpha value is -2.20. The predicted molar refractivity (Wildman–Crippen MR) is 80.3 cm³/mol. The van der Waals surface area contributed by atoms with Gasteiger partial charge in [-0.3, -0.25) is 4.98 Å². The molecule has 0 saturated carbocycles. The zero-order chi connectivity index (χ0) is 13.1. The molecule has 4 heteroatoms. The van der Waals surface area contributed by atoms with Crippen LogP contribution in [0, 0.1) is 0 Å². The van der Waals surface area contributed by atoms with E-state index in [1.165, 1.54) is 0 Å². The van der Waals surface area contributed by atoms with Crippen LogP contribution in [0.4, 0.5) is 5.00 Å². The maximum absolute atomic E-state index is 4.75. The Morgan fingerprint density at radius 2 is 1.68 bits per heavy atom. The highest BCUT2D eigenvalue weighted by Gasteiger charge is 2.12. The number of aromatic nitrogens is 2. The van der Waals surface area contributed by atoms with Gasteiger partial charge in [0, 0.05) is 30.6 Å². The highest BCUT2D eigenvalue weighted by atomic mass is 32.1. The van der Waals surface area contributed by atoms with Gasteiger partial charge in [0.05, 0.1) is 0 Å². The number of nitrogens with zero attached hydrogens (tertiary/aromatic N) is 2. The number of nitrogens with one attached hydrogen (secondary N) is 1. The van der Waals surface area contributed by atoms with Crippen LogP contribution < -0.4 is 5.32 Å². The molecule has 1 aromatic carbocycles. The number of hydrogen-bond acceptors (Lipinski definition) is 4. The topological polar surface area (TPSA) is 37.8 Å². The molecule has 0 saturated heterocycles. The minimum Gasteiger partial charge on any atom is -0.378 e. The van der Waals surface area contributed by atoms with Crippen molar-refractivity contribution in [2.45, 2.75) is 0 Å². The molecule has 0 aliphatic carbocycles. The molecule has 0 aliphatic heterocycles. The molecule has 0 unspecified atom stereocenters. The summed E-state index contributed by atoms with van der Waals surface area (Å²) < 4.78 is 0. The molecule has 0 spiro atoms. The first-order valence-electron chi connectivity index (χ1n) is 6.03. The van der Waals surface area contributed by atoms with Crippen LogP contribution in [0.25, 0.3) is 21.8 Å². The first kappa shape index (κ1) is 11.9. The Labute approximate surface area is 116 Å². The minimum absolute atomic E-state index is 1.000. The molecule has 0 aliphatic rings. The van der Waals surface area contributed by atoms with E-state index in [-0.39, 0.29) is 0 Å². The molecule has 0 atom stereocenters. The Kier molecular flexibility index (Phi) is 3.25. The third kappa shape index (κ3) is 2.35. The summed E-state index contributed by atoms with van der Waals surface area (Å²) in [7, 11) is 1.93. The lowest BCUT2D eigenvalue weighted by molar-refractivity contribution is 1.32. The third-order valence-corrected chi connectivity index (χ3v) is 3.95. The number of rotatable bonds is 3. The van der Waals surface area contributed by atoms with Crippen molar-refractivity contribution >= 4 is 16.3 Å². The molecule has 2 aromatic heterocycles. The van der Waals surface area contributed by atoms with Gasteiger partial charge in [-0.2, -0.15) is 0 Å². The molecule has 2 heterocycles. The number of benzene rings is 1. The van der Waals surface area contributed by atoms with Gasteiger partial charge >= 0.3 is 0 Å². The molecule has 19 heavy (non-hydrogen) atoms. The largest absolute Gasteiger partial charge is 0.378 e. The van der Waals surface area contributed by atoms with E-state index in [1.807, 2.05) is 37.4 Å². The van der Waals surface area contributed by atoms with Gasteiger partial charge in [0.2, 0.25) is 0 Å². The van der Waals surface area contributed by atoms with Gasteiger partial charge in [0.25, 0.3) is 0 Å². The first-order valence-corrected chi connectivity index (χ1v) is 6.84. The zero-order valence-electron chi connectivity index (χ0n) is 10.5. The fraction of sp³-hybridized carbons (Fsp3) is 0.0667. The minimum atomic E-state index is 1.000. The van der Waals surface area contributed by atoms with Gasteiger partial charge < -0.3 is 5.32 Å². The second-order valence-corrected chi connectivity index (χ2v) is 5.05. The molecule has 0 radical (unpaired) electrons. The van der Waals surface area contributed by atoms with Gasteiger partial charge in [-0.25, -0.2) is 4.98 Å². The van der Waals surface area contributed by atoms with Crippen molar-refractivity contribution in [3.05, 3.63) is 54.9 Å². The van der Waals surface area contributed by atoms with Crippen LogP contribution in [0.15, 0.2) is 54.9 Å². The van der Waals surface area contributed by atoms with Crippen LogP contribution in [-0.4, -0.2) is 17.0 Å². The molecule has 1 N–H and O–H groups in total. The molecular weight excluding hydrogens is 254 g/mol. The second-order valence-electron chi connectivity index (χ2n) is 4.05. The van der Waals surface area contributed by atoms with Crippen LogP contribution in [0.2, 0.25) is 0 Å². The predicted octanol–water partition coefficient (Wildman–Crippen LogP) is 3.91. The van der Waals surface area contributed by atoms with Crippen LogP contribution in [-0.2, 0) is 0 Å². The van der Waals surface area contributed by atoms with Gasteiger partial charge in [0.15, 0.2) is 0 Å². The van der Waals surface area contributed by atoms with E-state index in [4.69, 9.17) is 4.98 Å². The van der Waals surface area contributed by atoms with E-state index in [0.717, 1.165) is 26.8 Å². The van der Waals surface area contributed by atoms with E-state index < -0.39 is 0 Å². The van der Waals surface area contributed by atoms with Crippen molar-refractivity contribution in [2.24, 2.45) is 0 Å². The van der Waals surface area contributed by atoms with Crippen molar-refractivity contribution in [1.82, 2.24) is 9.97 Å². The van der Waals surface area contributed by atoms with Gasteiger partial charge in [-0.1, -0.05) is 41.7 Å². The maximum Gasteiger partial charge on any atom is 0.126 e. The van der Waals surface area contributed by atoms with Crippen molar-refractivity contribution < 1.29 is 0 Å². The molecular formula is C15H13N3S. The standard InChI is InChI=1S/C15H13N3S/c1-16-15-13(11-5-3-2-4-6-11)18-14(19-15)12-7-9-17-10-8-12/h2-10,16H,1H3. The third-order valence-electron chi connectivity index (χ3n) is 2.83. The maximum atomic E-state index is 4.75. The van der Waals surface area contributed by atoms with Crippen molar-refractivity contribution in [2.75, 3.05) is 12.4 Å². The Morgan fingerprint density at radius 3 is 2.37 bits per heavy atom. The SMILES string of the molecule is CNc1sc(-c2ccncc2)nc1-c1ccccc1. The Morgan fingerprint density at radius 1 is 0.947 bits per heavy atom. The molecule has 0 amide bonds.